The molecule has 0 saturated heterocycles. The fourth-order valence-electron chi connectivity index (χ4n) is 1.44. The van der Waals surface area contributed by atoms with Crippen LogP contribution in [0.2, 0.25) is 0 Å². The highest BCUT2D eigenvalue weighted by molar-refractivity contribution is 9.10. The summed E-state index contributed by atoms with van der Waals surface area (Å²) in [7, 11) is 0. The van der Waals surface area contributed by atoms with E-state index in [1.54, 1.807) is 30.4 Å². The highest BCUT2D eigenvalue weighted by Gasteiger charge is 2.12. The number of halogens is 1. The van der Waals surface area contributed by atoms with Crippen LogP contribution in [0.15, 0.2) is 52.2 Å². The zero-order valence-electron chi connectivity index (χ0n) is 9.58. The summed E-state index contributed by atoms with van der Waals surface area (Å²) in [5, 5.41) is 0. The van der Waals surface area contributed by atoms with Crippen molar-refractivity contribution in [3.8, 4) is 0 Å². The van der Waals surface area contributed by atoms with Crippen LogP contribution in [0.5, 0.6) is 0 Å². The third kappa shape index (κ3) is 3.52. The average Bonchev–Trinajstić information content (AvgIpc) is 2.42. The van der Waals surface area contributed by atoms with Crippen molar-refractivity contribution in [2.45, 2.75) is 10.9 Å². The molecule has 1 heterocycles. The fraction of sp³-hybridized carbons (Fsp3) is 0.167. The molecular formula is C12H13BrN4S. The van der Waals surface area contributed by atoms with Crippen molar-refractivity contribution in [2.24, 2.45) is 5.84 Å². The molecule has 0 aliphatic heterocycles. The lowest BCUT2D eigenvalue weighted by atomic mass is 10.2. The Labute approximate surface area is 119 Å². The van der Waals surface area contributed by atoms with E-state index in [1.807, 2.05) is 18.2 Å². The standard InChI is InChI=1S/C12H13BrN4S/c13-9-3-1-2-4-12(9)18-8-11(17-14)10-7-15-5-6-16-10/h1-7,11,17H,8,14H2. The van der Waals surface area contributed by atoms with Crippen LogP contribution < -0.4 is 11.3 Å². The van der Waals surface area contributed by atoms with Crippen LogP contribution in [0.3, 0.4) is 0 Å². The summed E-state index contributed by atoms with van der Waals surface area (Å²) in [5.74, 6) is 6.35. The van der Waals surface area contributed by atoms with E-state index in [-0.39, 0.29) is 6.04 Å². The SMILES string of the molecule is NNC(CSc1ccccc1Br)c1cnccn1. The Kier molecular flexibility index (Phi) is 5.12. The van der Waals surface area contributed by atoms with E-state index in [1.165, 1.54) is 4.90 Å². The minimum absolute atomic E-state index is 0.0178. The quantitative estimate of drug-likeness (QED) is 0.502. The number of rotatable bonds is 5. The van der Waals surface area contributed by atoms with Gasteiger partial charge in [0.15, 0.2) is 0 Å². The van der Waals surface area contributed by atoms with E-state index in [0.29, 0.717) is 0 Å². The minimum Gasteiger partial charge on any atom is -0.271 e. The van der Waals surface area contributed by atoms with E-state index in [0.717, 1.165) is 15.9 Å². The van der Waals surface area contributed by atoms with Crippen LogP contribution in [-0.2, 0) is 0 Å². The zero-order valence-corrected chi connectivity index (χ0v) is 12.0. The van der Waals surface area contributed by atoms with Gasteiger partial charge in [-0.15, -0.1) is 11.8 Å². The molecule has 1 aromatic heterocycles. The first-order chi connectivity index (χ1) is 8.81. The summed E-state index contributed by atoms with van der Waals surface area (Å²) < 4.78 is 1.09. The summed E-state index contributed by atoms with van der Waals surface area (Å²) in [6.07, 6.45) is 5.05. The normalized spacial score (nSPS) is 12.3. The molecule has 94 valence electrons. The predicted octanol–water partition coefficient (Wildman–Crippen LogP) is 2.54. The number of nitrogens with zero attached hydrogens (tertiary/aromatic N) is 2. The number of hydrazine groups is 1. The zero-order chi connectivity index (χ0) is 12.8. The van der Waals surface area contributed by atoms with Gasteiger partial charge in [0.1, 0.15) is 0 Å². The van der Waals surface area contributed by atoms with E-state index < -0.39 is 0 Å². The lowest BCUT2D eigenvalue weighted by Gasteiger charge is -2.14. The second-order valence-corrected chi connectivity index (χ2v) is 5.51. The highest BCUT2D eigenvalue weighted by Crippen LogP contribution is 2.29. The van der Waals surface area contributed by atoms with Gasteiger partial charge in [-0.05, 0) is 28.1 Å². The molecule has 1 unspecified atom stereocenters. The molecule has 0 bridgehead atoms. The Balaban J connectivity index is 2.02. The highest BCUT2D eigenvalue weighted by atomic mass is 79.9. The van der Waals surface area contributed by atoms with E-state index in [2.05, 4.69) is 37.4 Å². The maximum absolute atomic E-state index is 5.56. The summed E-state index contributed by atoms with van der Waals surface area (Å²) in [5.41, 5.74) is 3.62. The first kappa shape index (κ1) is 13.5. The summed E-state index contributed by atoms with van der Waals surface area (Å²) in [6, 6.07) is 8.08. The van der Waals surface area contributed by atoms with Gasteiger partial charge in [0.05, 0.1) is 17.9 Å². The van der Waals surface area contributed by atoms with E-state index >= 15 is 0 Å². The molecule has 0 spiro atoms. The predicted molar refractivity (Wildman–Crippen MR) is 77.0 cm³/mol. The van der Waals surface area contributed by atoms with Crippen LogP contribution in [0.4, 0.5) is 0 Å². The van der Waals surface area contributed by atoms with Gasteiger partial charge in [-0.25, -0.2) is 0 Å². The molecule has 2 rings (SSSR count). The summed E-state index contributed by atoms with van der Waals surface area (Å²) >= 11 is 5.24. The van der Waals surface area contributed by atoms with Gasteiger partial charge in [0, 0.05) is 27.5 Å². The molecule has 0 aliphatic carbocycles. The molecule has 0 fully saturated rings. The van der Waals surface area contributed by atoms with Crippen molar-refractivity contribution in [1.29, 1.82) is 0 Å². The molecule has 3 N–H and O–H groups in total. The van der Waals surface area contributed by atoms with Crippen molar-refractivity contribution in [3.05, 3.63) is 53.0 Å². The maximum Gasteiger partial charge on any atom is 0.0778 e. The van der Waals surface area contributed by atoms with Gasteiger partial charge in [-0.1, -0.05) is 12.1 Å². The van der Waals surface area contributed by atoms with E-state index in [9.17, 15) is 0 Å². The number of thioether (sulfide) groups is 1. The third-order valence-electron chi connectivity index (χ3n) is 2.38. The van der Waals surface area contributed by atoms with E-state index in [4.69, 9.17) is 5.84 Å². The molecule has 0 radical (unpaired) electrons. The monoisotopic (exact) mass is 324 g/mol. The second-order valence-electron chi connectivity index (χ2n) is 3.59. The first-order valence-electron chi connectivity index (χ1n) is 5.40. The summed E-state index contributed by atoms with van der Waals surface area (Å²) in [4.78, 5) is 9.49. The number of nitrogens with two attached hydrogens (primary N) is 1. The molecule has 4 nitrogen and oxygen atoms in total. The van der Waals surface area contributed by atoms with Crippen molar-refractivity contribution in [1.82, 2.24) is 15.4 Å². The van der Waals surface area contributed by atoms with Crippen molar-refractivity contribution >= 4 is 27.7 Å². The van der Waals surface area contributed by atoms with Crippen LogP contribution in [0, 0.1) is 0 Å². The topological polar surface area (TPSA) is 63.8 Å². The number of benzene rings is 1. The maximum atomic E-state index is 5.56. The van der Waals surface area contributed by atoms with Crippen LogP contribution in [-0.4, -0.2) is 15.7 Å². The molecule has 18 heavy (non-hydrogen) atoms. The van der Waals surface area contributed by atoms with Gasteiger partial charge in [-0.3, -0.25) is 21.2 Å². The largest absolute Gasteiger partial charge is 0.271 e. The molecule has 0 saturated carbocycles. The number of hydrogen-bond acceptors (Lipinski definition) is 5. The molecule has 1 aromatic carbocycles. The Hall–Kier alpha value is -0.950. The third-order valence-corrected chi connectivity index (χ3v) is 4.50. The molecule has 0 aliphatic rings. The number of nitrogens with one attached hydrogen (secondary N) is 1. The first-order valence-corrected chi connectivity index (χ1v) is 7.18. The van der Waals surface area contributed by atoms with Gasteiger partial charge in [0.2, 0.25) is 0 Å². The Morgan fingerprint density at radius 1 is 1.33 bits per heavy atom. The minimum atomic E-state index is -0.0178. The molecular weight excluding hydrogens is 312 g/mol. The van der Waals surface area contributed by atoms with Crippen molar-refractivity contribution in [3.63, 3.8) is 0 Å². The lowest BCUT2D eigenvalue weighted by Crippen LogP contribution is -2.30. The molecule has 1 atom stereocenters. The lowest BCUT2D eigenvalue weighted by molar-refractivity contribution is 0.592. The Bertz CT molecular complexity index is 494. The van der Waals surface area contributed by atoms with Gasteiger partial charge in [-0.2, -0.15) is 0 Å². The van der Waals surface area contributed by atoms with Gasteiger partial charge in [0.25, 0.3) is 0 Å². The second kappa shape index (κ2) is 6.84. The van der Waals surface area contributed by atoms with Crippen LogP contribution >= 0.6 is 27.7 Å². The fourth-order valence-corrected chi connectivity index (χ4v) is 3.07. The van der Waals surface area contributed by atoms with Crippen molar-refractivity contribution < 1.29 is 0 Å². The molecule has 2 aromatic rings. The summed E-state index contributed by atoms with van der Waals surface area (Å²) in [6.45, 7) is 0. The number of hydrogen-bond donors (Lipinski definition) is 2. The number of aromatic nitrogens is 2. The average molecular weight is 325 g/mol. The molecule has 6 heteroatoms. The van der Waals surface area contributed by atoms with Gasteiger partial charge >= 0.3 is 0 Å². The van der Waals surface area contributed by atoms with Gasteiger partial charge < -0.3 is 0 Å². The van der Waals surface area contributed by atoms with Crippen LogP contribution in [0.25, 0.3) is 0 Å². The molecule has 0 amide bonds. The van der Waals surface area contributed by atoms with Crippen LogP contribution in [0.1, 0.15) is 11.7 Å². The Morgan fingerprint density at radius 2 is 2.17 bits per heavy atom. The smallest absolute Gasteiger partial charge is 0.0778 e. The Morgan fingerprint density at radius 3 is 2.83 bits per heavy atom. The van der Waals surface area contributed by atoms with Crippen molar-refractivity contribution in [2.75, 3.05) is 5.75 Å².